The van der Waals surface area contributed by atoms with E-state index in [2.05, 4.69) is 0 Å². The topological polar surface area (TPSA) is 26.3 Å². The second-order valence-electron chi connectivity index (χ2n) is 4.03. The quantitative estimate of drug-likeness (QED) is 0.786. The molecular formula is C14H13FO2S. The van der Waals surface area contributed by atoms with Crippen LogP contribution in [0, 0.1) is 19.7 Å². The molecule has 1 aromatic heterocycles. The third-order valence-electron chi connectivity index (χ3n) is 2.52. The molecule has 1 aromatic carbocycles. The number of benzene rings is 1. The molecule has 0 aliphatic heterocycles. The molecule has 0 aliphatic carbocycles. The number of ether oxygens (including phenoxy) is 1. The van der Waals surface area contributed by atoms with Gasteiger partial charge in [0.25, 0.3) is 0 Å². The molecule has 0 saturated heterocycles. The van der Waals surface area contributed by atoms with E-state index in [1.165, 1.54) is 23.5 Å². The summed E-state index contributed by atoms with van der Waals surface area (Å²) in [6.07, 6.45) is 0. The first-order chi connectivity index (χ1) is 8.56. The molecule has 0 bridgehead atoms. The smallest absolute Gasteiger partial charge is 0.210 e. The Labute approximate surface area is 109 Å². The first-order valence-electron chi connectivity index (χ1n) is 5.55. The minimum absolute atomic E-state index is 0.0652. The molecule has 0 atom stereocenters. The summed E-state index contributed by atoms with van der Waals surface area (Å²) in [5.41, 5.74) is 0.812. The van der Waals surface area contributed by atoms with Gasteiger partial charge in [-0.15, -0.1) is 11.3 Å². The minimum atomic E-state index is -0.366. The van der Waals surface area contributed by atoms with Crippen molar-refractivity contribution in [2.45, 2.75) is 13.8 Å². The first kappa shape index (κ1) is 12.8. The molecule has 2 nitrogen and oxygen atoms in total. The van der Waals surface area contributed by atoms with Crippen molar-refractivity contribution < 1.29 is 13.9 Å². The van der Waals surface area contributed by atoms with Crippen molar-refractivity contribution in [3.05, 3.63) is 51.5 Å². The molecule has 0 spiro atoms. The molecular weight excluding hydrogens is 251 g/mol. The summed E-state index contributed by atoms with van der Waals surface area (Å²) in [6.45, 7) is 3.69. The summed E-state index contributed by atoms with van der Waals surface area (Å²) in [5.74, 6) is -0.0385. The highest BCUT2D eigenvalue weighted by atomic mass is 32.1. The largest absolute Gasteiger partial charge is 0.485 e. The SMILES string of the molecule is Cc1ccc(C(=O)COc2cc(F)ccc2C)s1. The maximum atomic E-state index is 13.0. The van der Waals surface area contributed by atoms with Gasteiger partial charge in [0, 0.05) is 10.9 Å². The Morgan fingerprint density at radius 1 is 1.28 bits per heavy atom. The standard InChI is InChI=1S/C14H13FO2S/c1-9-3-5-11(15)7-13(9)17-8-12(16)14-6-4-10(2)18-14/h3-7H,8H2,1-2H3. The maximum absolute atomic E-state index is 13.0. The van der Waals surface area contributed by atoms with Crippen LogP contribution in [0.3, 0.4) is 0 Å². The third-order valence-corrected chi connectivity index (χ3v) is 3.57. The molecule has 0 aliphatic rings. The Kier molecular flexibility index (Phi) is 3.77. The van der Waals surface area contributed by atoms with Gasteiger partial charge in [0.05, 0.1) is 4.88 Å². The van der Waals surface area contributed by atoms with Crippen LogP contribution in [0.5, 0.6) is 5.75 Å². The fourth-order valence-electron chi connectivity index (χ4n) is 1.53. The molecule has 2 aromatic rings. The van der Waals surface area contributed by atoms with E-state index in [0.29, 0.717) is 10.6 Å². The van der Waals surface area contributed by atoms with Crippen molar-refractivity contribution >= 4 is 17.1 Å². The lowest BCUT2D eigenvalue weighted by Crippen LogP contribution is -2.10. The highest BCUT2D eigenvalue weighted by Crippen LogP contribution is 2.20. The fraction of sp³-hybridized carbons (Fsp3) is 0.214. The fourth-order valence-corrected chi connectivity index (χ4v) is 2.32. The number of halogens is 1. The van der Waals surface area contributed by atoms with E-state index in [4.69, 9.17) is 4.74 Å². The van der Waals surface area contributed by atoms with Crippen molar-refractivity contribution in [2.75, 3.05) is 6.61 Å². The van der Waals surface area contributed by atoms with Crippen LogP contribution >= 0.6 is 11.3 Å². The van der Waals surface area contributed by atoms with Crippen LogP contribution in [0.1, 0.15) is 20.1 Å². The second-order valence-corrected chi connectivity index (χ2v) is 5.32. The predicted octanol–water partition coefficient (Wildman–Crippen LogP) is 3.77. The van der Waals surface area contributed by atoms with E-state index < -0.39 is 0 Å². The monoisotopic (exact) mass is 264 g/mol. The Hall–Kier alpha value is -1.68. The van der Waals surface area contributed by atoms with Crippen molar-refractivity contribution in [1.82, 2.24) is 0 Å². The van der Waals surface area contributed by atoms with Crippen molar-refractivity contribution in [1.29, 1.82) is 0 Å². The number of aryl methyl sites for hydroxylation is 2. The molecule has 4 heteroatoms. The van der Waals surface area contributed by atoms with E-state index in [9.17, 15) is 9.18 Å². The summed E-state index contributed by atoms with van der Waals surface area (Å²) >= 11 is 1.43. The molecule has 18 heavy (non-hydrogen) atoms. The van der Waals surface area contributed by atoms with Gasteiger partial charge in [-0.3, -0.25) is 4.79 Å². The van der Waals surface area contributed by atoms with Crippen LogP contribution in [0.15, 0.2) is 30.3 Å². The van der Waals surface area contributed by atoms with Crippen molar-refractivity contribution in [3.63, 3.8) is 0 Å². The van der Waals surface area contributed by atoms with E-state index in [1.54, 1.807) is 12.1 Å². The number of rotatable bonds is 4. The number of hydrogen-bond acceptors (Lipinski definition) is 3. The zero-order valence-corrected chi connectivity index (χ0v) is 11.0. The average molecular weight is 264 g/mol. The highest BCUT2D eigenvalue weighted by molar-refractivity contribution is 7.14. The average Bonchev–Trinajstić information content (AvgIpc) is 2.77. The second kappa shape index (κ2) is 5.31. The molecule has 0 N–H and O–H groups in total. The zero-order chi connectivity index (χ0) is 13.1. The Bertz CT molecular complexity index is 575. The summed E-state index contributed by atoms with van der Waals surface area (Å²) in [4.78, 5) is 13.6. The van der Waals surface area contributed by atoms with Crippen molar-refractivity contribution in [3.8, 4) is 5.75 Å². The van der Waals surface area contributed by atoms with Gasteiger partial charge < -0.3 is 4.74 Å². The predicted molar refractivity (Wildman–Crippen MR) is 70.0 cm³/mol. The van der Waals surface area contributed by atoms with Crippen molar-refractivity contribution in [2.24, 2.45) is 0 Å². The first-order valence-corrected chi connectivity index (χ1v) is 6.36. The summed E-state index contributed by atoms with van der Waals surface area (Å²) in [5, 5.41) is 0. The van der Waals surface area contributed by atoms with Gasteiger partial charge in [0.15, 0.2) is 6.61 Å². The normalized spacial score (nSPS) is 10.4. The summed E-state index contributed by atoms with van der Waals surface area (Å²) in [7, 11) is 0. The van der Waals surface area contributed by atoms with Crippen LogP contribution in [0.4, 0.5) is 4.39 Å². The summed E-state index contributed by atoms with van der Waals surface area (Å²) in [6, 6.07) is 7.97. The lowest BCUT2D eigenvalue weighted by atomic mass is 10.2. The van der Waals surface area contributed by atoms with E-state index >= 15 is 0 Å². The van der Waals surface area contributed by atoms with Gasteiger partial charge in [-0.05, 0) is 37.6 Å². The number of carbonyl (C=O) groups is 1. The summed E-state index contributed by atoms with van der Waals surface area (Å²) < 4.78 is 18.4. The van der Waals surface area contributed by atoms with Crippen LogP contribution < -0.4 is 4.74 Å². The molecule has 1 heterocycles. The molecule has 2 rings (SSSR count). The highest BCUT2D eigenvalue weighted by Gasteiger charge is 2.10. The number of Topliss-reactive ketones (excluding diaryl/α,β-unsaturated/α-hetero) is 1. The number of ketones is 1. The minimum Gasteiger partial charge on any atom is -0.485 e. The maximum Gasteiger partial charge on any atom is 0.210 e. The molecule has 94 valence electrons. The zero-order valence-electron chi connectivity index (χ0n) is 10.2. The Morgan fingerprint density at radius 2 is 2.06 bits per heavy atom. The number of carbonyl (C=O) groups excluding carboxylic acids is 1. The molecule has 0 radical (unpaired) electrons. The number of thiophene rings is 1. The van der Waals surface area contributed by atoms with Gasteiger partial charge >= 0.3 is 0 Å². The van der Waals surface area contributed by atoms with Gasteiger partial charge in [0.2, 0.25) is 5.78 Å². The molecule has 0 saturated carbocycles. The molecule has 0 amide bonds. The third kappa shape index (κ3) is 2.96. The van der Waals surface area contributed by atoms with Gasteiger partial charge in [-0.25, -0.2) is 4.39 Å². The van der Waals surface area contributed by atoms with E-state index in [0.717, 1.165) is 10.4 Å². The molecule has 0 unspecified atom stereocenters. The Morgan fingerprint density at radius 3 is 2.72 bits per heavy atom. The van der Waals surface area contributed by atoms with Gasteiger partial charge in [0.1, 0.15) is 11.6 Å². The van der Waals surface area contributed by atoms with Crippen LogP contribution in [0.2, 0.25) is 0 Å². The van der Waals surface area contributed by atoms with Crippen LogP contribution in [0.25, 0.3) is 0 Å². The van der Waals surface area contributed by atoms with Crippen LogP contribution in [-0.2, 0) is 0 Å². The van der Waals surface area contributed by atoms with Crippen LogP contribution in [-0.4, -0.2) is 12.4 Å². The van der Waals surface area contributed by atoms with E-state index in [1.807, 2.05) is 19.9 Å². The molecule has 0 fully saturated rings. The lowest BCUT2D eigenvalue weighted by Gasteiger charge is -2.07. The van der Waals surface area contributed by atoms with E-state index in [-0.39, 0.29) is 18.2 Å². The lowest BCUT2D eigenvalue weighted by molar-refractivity contribution is 0.0925. The Balaban J connectivity index is 2.03. The number of hydrogen-bond donors (Lipinski definition) is 0. The van der Waals surface area contributed by atoms with Gasteiger partial charge in [-0.2, -0.15) is 0 Å². The van der Waals surface area contributed by atoms with Gasteiger partial charge in [-0.1, -0.05) is 6.07 Å².